The van der Waals surface area contributed by atoms with Crippen molar-refractivity contribution in [2.24, 2.45) is 0 Å². The van der Waals surface area contributed by atoms with Crippen molar-refractivity contribution in [3.8, 4) is 0 Å². The molecule has 78 valence electrons. The fourth-order valence-electron chi connectivity index (χ4n) is 0.970. The van der Waals surface area contributed by atoms with Crippen LogP contribution in [-0.2, 0) is 9.53 Å². The second-order valence-corrected chi connectivity index (χ2v) is 2.88. The smallest absolute Gasteiger partial charge is 0.332 e. The first-order valence-corrected chi connectivity index (χ1v) is 4.68. The van der Waals surface area contributed by atoms with Gasteiger partial charge in [-0.05, 0) is 20.0 Å². The van der Waals surface area contributed by atoms with Gasteiger partial charge in [0.15, 0.2) is 6.10 Å². The van der Waals surface area contributed by atoms with Crippen LogP contribution in [0.4, 0.5) is 0 Å². The zero-order valence-electron chi connectivity index (χ0n) is 8.62. The standard InChI is InChI=1S/C9H19NO3/c1-4-10(5-2)6-7-13-8(3)9(11)12/h8H,4-7H2,1-3H3,(H,11,12)/t8-/m0/s1. The Morgan fingerprint density at radius 1 is 1.46 bits per heavy atom. The Kier molecular flexibility index (Phi) is 6.54. The third-order valence-corrected chi connectivity index (χ3v) is 2.02. The number of carboxylic acids is 1. The van der Waals surface area contributed by atoms with Crippen molar-refractivity contribution in [1.29, 1.82) is 0 Å². The summed E-state index contributed by atoms with van der Waals surface area (Å²) in [5.41, 5.74) is 0. The van der Waals surface area contributed by atoms with Gasteiger partial charge in [-0.1, -0.05) is 13.8 Å². The third-order valence-electron chi connectivity index (χ3n) is 2.02. The van der Waals surface area contributed by atoms with Crippen molar-refractivity contribution >= 4 is 5.97 Å². The van der Waals surface area contributed by atoms with Crippen LogP contribution in [0.25, 0.3) is 0 Å². The van der Waals surface area contributed by atoms with Crippen LogP contribution < -0.4 is 0 Å². The molecule has 0 saturated carbocycles. The van der Waals surface area contributed by atoms with Crippen LogP contribution in [-0.4, -0.2) is 48.3 Å². The number of rotatable bonds is 7. The topological polar surface area (TPSA) is 49.8 Å². The molecular formula is C9H19NO3. The van der Waals surface area contributed by atoms with Crippen molar-refractivity contribution in [3.63, 3.8) is 0 Å². The van der Waals surface area contributed by atoms with E-state index in [1.807, 2.05) is 0 Å². The molecule has 4 nitrogen and oxygen atoms in total. The maximum atomic E-state index is 10.4. The minimum absolute atomic E-state index is 0.481. The molecule has 0 rings (SSSR count). The molecular weight excluding hydrogens is 170 g/mol. The molecule has 0 aliphatic carbocycles. The summed E-state index contributed by atoms with van der Waals surface area (Å²) < 4.78 is 5.10. The van der Waals surface area contributed by atoms with Gasteiger partial charge in [0.1, 0.15) is 0 Å². The minimum Gasteiger partial charge on any atom is -0.479 e. The summed E-state index contributed by atoms with van der Waals surface area (Å²) in [7, 11) is 0. The summed E-state index contributed by atoms with van der Waals surface area (Å²) in [5, 5.41) is 8.52. The first-order chi connectivity index (χ1) is 6.11. The molecule has 0 spiro atoms. The van der Waals surface area contributed by atoms with Crippen LogP contribution in [0, 0.1) is 0 Å². The van der Waals surface area contributed by atoms with Gasteiger partial charge >= 0.3 is 5.97 Å². The monoisotopic (exact) mass is 189 g/mol. The van der Waals surface area contributed by atoms with E-state index < -0.39 is 12.1 Å². The molecule has 0 radical (unpaired) electrons. The molecule has 0 aromatic rings. The van der Waals surface area contributed by atoms with E-state index >= 15 is 0 Å². The summed E-state index contributed by atoms with van der Waals surface area (Å²) in [5.74, 6) is -0.903. The molecule has 0 aliphatic rings. The van der Waals surface area contributed by atoms with Crippen LogP contribution >= 0.6 is 0 Å². The molecule has 13 heavy (non-hydrogen) atoms. The lowest BCUT2D eigenvalue weighted by Gasteiger charge is -2.18. The average molecular weight is 189 g/mol. The van der Waals surface area contributed by atoms with E-state index in [-0.39, 0.29) is 0 Å². The highest BCUT2D eigenvalue weighted by atomic mass is 16.5. The Bertz CT molecular complexity index is 146. The van der Waals surface area contributed by atoms with Crippen molar-refractivity contribution in [2.75, 3.05) is 26.2 Å². The van der Waals surface area contributed by atoms with Crippen LogP contribution in [0.15, 0.2) is 0 Å². The van der Waals surface area contributed by atoms with Gasteiger partial charge in [-0.25, -0.2) is 4.79 Å². The first kappa shape index (κ1) is 12.4. The number of likely N-dealkylation sites (N-methyl/N-ethyl adjacent to an activating group) is 1. The number of carbonyl (C=O) groups is 1. The van der Waals surface area contributed by atoms with Crippen molar-refractivity contribution < 1.29 is 14.6 Å². The summed E-state index contributed by atoms with van der Waals surface area (Å²) in [6.45, 7) is 8.92. The molecule has 0 aliphatic heterocycles. The number of aliphatic carboxylic acids is 1. The van der Waals surface area contributed by atoms with Crippen molar-refractivity contribution in [3.05, 3.63) is 0 Å². The van der Waals surface area contributed by atoms with Crippen molar-refractivity contribution in [2.45, 2.75) is 26.9 Å². The predicted molar refractivity (Wildman–Crippen MR) is 50.8 cm³/mol. The molecule has 1 atom stereocenters. The van der Waals surface area contributed by atoms with E-state index in [4.69, 9.17) is 9.84 Å². The van der Waals surface area contributed by atoms with Gasteiger partial charge in [-0.2, -0.15) is 0 Å². The maximum absolute atomic E-state index is 10.4. The molecule has 0 aromatic carbocycles. The second-order valence-electron chi connectivity index (χ2n) is 2.88. The van der Waals surface area contributed by atoms with E-state index in [0.717, 1.165) is 19.6 Å². The molecule has 1 N–H and O–H groups in total. The van der Waals surface area contributed by atoms with Crippen molar-refractivity contribution in [1.82, 2.24) is 4.90 Å². The SMILES string of the molecule is CCN(CC)CCO[C@@H](C)C(=O)O. The average Bonchev–Trinajstić information content (AvgIpc) is 2.12. The summed E-state index contributed by atoms with van der Waals surface area (Å²) >= 11 is 0. The fourth-order valence-corrected chi connectivity index (χ4v) is 0.970. The normalized spacial score (nSPS) is 13.2. The highest BCUT2D eigenvalue weighted by molar-refractivity contribution is 5.71. The summed E-state index contributed by atoms with van der Waals surface area (Å²) in [4.78, 5) is 12.6. The van der Waals surface area contributed by atoms with E-state index in [9.17, 15) is 4.79 Å². The molecule has 0 amide bonds. The van der Waals surface area contributed by atoms with Gasteiger partial charge in [0.25, 0.3) is 0 Å². The quantitative estimate of drug-likeness (QED) is 0.644. The predicted octanol–water partition coefficient (Wildman–Crippen LogP) is 0.818. The number of hydrogen-bond donors (Lipinski definition) is 1. The zero-order chi connectivity index (χ0) is 10.3. The first-order valence-electron chi connectivity index (χ1n) is 4.68. The molecule has 0 saturated heterocycles. The highest BCUT2D eigenvalue weighted by Gasteiger charge is 2.10. The Morgan fingerprint density at radius 3 is 2.38 bits per heavy atom. The Morgan fingerprint density at radius 2 is 2.00 bits per heavy atom. The Balaban J connectivity index is 3.48. The largest absolute Gasteiger partial charge is 0.479 e. The number of ether oxygens (including phenoxy) is 1. The number of carboxylic acid groups (broad SMARTS) is 1. The lowest BCUT2D eigenvalue weighted by Crippen LogP contribution is -2.30. The maximum Gasteiger partial charge on any atom is 0.332 e. The molecule has 0 fully saturated rings. The van der Waals surface area contributed by atoms with Gasteiger partial charge in [0, 0.05) is 6.54 Å². The van der Waals surface area contributed by atoms with E-state index in [1.165, 1.54) is 0 Å². The van der Waals surface area contributed by atoms with Crippen LogP contribution in [0.2, 0.25) is 0 Å². The van der Waals surface area contributed by atoms with Gasteiger partial charge in [0.2, 0.25) is 0 Å². The minimum atomic E-state index is -0.903. The number of nitrogens with zero attached hydrogens (tertiary/aromatic N) is 1. The summed E-state index contributed by atoms with van der Waals surface area (Å²) in [6.07, 6.45) is -0.699. The Hall–Kier alpha value is -0.610. The van der Waals surface area contributed by atoms with E-state index in [1.54, 1.807) is 6.92 Å². The molecule has 0 aromatic heterocycles. The lowest BCUT2D eigenvalue weighted by molar-refractivity contribution is -0.149. The van der Waals surface area contributed by atoms with Crippen LogP contribution in [0.3, 0.4) is 0 Å². The molecule has 4 heteroatoms. The molecule has 0 heterocycles. The highest BCUT2D eigenvalue weighted by Crippen LogP contribution is 1.92. The third kappa shape index (κ3) is 5.60. The van der Waals surface area contributed by atoms with Crippen LogP contribution in [0.5, 0.6) is 0 Å². The Labute approximate surface area is 79.5 Å². The van der Waals surface area contributed by atoms with E-state index in [0.29, 0.717) is 6.61 Å². The van der Waals surface area contributed by atoms with Crippen LogP contribution in [0.1, 0.15) is 20.8 Å². The number of hydrogen-bond acceptors (Lipinski definition) is 3. The summed E-state index contributed by atoms with van der Waals surface area (Å²) in [6, 6.07) is 0. The fraction of sp³-hybridized carbons (Fsp3) is 0.889. The van der Waals surface area contributed by atoms with Gasteiger partial charge in [-0.15, -0.1) is 0 Å². The zero-order valence-corrected chi connectivity index (χ0v) is 8.62. The van der Waals surface area contributed by atoms with Gasteiger partial charge in [0.05, 0.1) is 6.61 Å². The van der Waals surface area contributed by atoms with E-state index in [2.05, 4.69) is 18.7 Å². The van der Waals surface area contributed by atoms with Gasteiger partial charge in [-0.3, -0.25) is 0 Å². The molecule has 0 unspecified atom stereocenters. The van der Waals surface area contributed by atoms with Gasteiger partial charge < -0.3 is 14.7 Å². The molecule has 0 bridgehead atoms. The second kappa shape index (κ2) is 6.86. The lowest BCUT2D eigenvalue weighted by atomic mass is 10.4.